The zero-order chi connectivity index (χ0) is 11.7. The molecule has 0 unspecified atom stereocenters. The van der Waals surface area contributed by atoms with Crippen LogP contribution in [0.3, 0.4) is 0 Å². The second-order valence-electron chi connectivity index (χ2n) is 3.20. The van der Waals surface area contributed by atoms with Crippen LogP contribution in [0.25, 0.3) is 5.69 Å². The van der Waals surface area contributed by atoms with Crippen LogP contribution in [-0.2, 0) is 0 Å². The minimum atomic E-state index is -1.34. The molecule has 0 saturated carbocycles. The van der Waals surface area contributed by atoms with Gasteiger partial charge in [-0.3, -0.25) is 0 Å². The van der Waals surface area contributed by atoms with E-state index in [0.717, 1.165) is 0 Å². The van der Waals surface area contributed by atoms with Crippen LogP contribution in [0.2, 0.25) is 5.02 Å². The number of hydrogen-bond acceptors (Lipinski definition) is 4. The quantitative estimate of drug-likeness (QED) is 0.765. The van der Waals surface area contributed by atoms with Gasteiger partial charge < -0.3 is 9.90 Å². The highest BCUT2D eigenvalue weighted by atomic mass is 35.5. The predicted molar refractivity (Wildman–Crippen MR) is 55.4 cm³/mol. The van der Waals surface area contributed by atoms with Crippen LogP contribution in [0, 0.1) is 6.92 Å². The summed E-state index contributed by atoms with van der Waals surface area (Å²) < 4.78 is 1.40. The molecule has 6 heteroatoms. The maximum absolute atomic E-state index is 10.7. The van der Waals surface area contributed by atoms with E-state index < -0.39 is 5.97 Å². The van der Waals surface area contributed by atoms with E-state index in [2.05, 4.69) is 10.3 Å². The number of carbonyl (C=O) groups is 1. The highest BCUT2D eigenvalue weighted by Crippen LogP contribution is 2.16. The fraction of sp³-hybridized carbons (Fsp3) is 0.100. The molecule has 1 aromatic heterocycles. The lowest BCUT2D eigenvalue weighted by atomic mass is 10.3. The summed E-state index contributed by atoms with van der Waals surface area (Å²) in [6.45, 7) is 1.60. The number of halogens is 1. The van der Waals surface area contributed by atoms with Gasteiger partial charge in [-0.15, -0.1) is 5.10 Å². The highest BCUT2D eigenvalue weighted by molar-refractivity contribution is 6.30. The second kappa shape index (κ2) is 3.94. The summed E-state index contributed by atoms with van der Waals surface area (Å²) in [6.07, 6.45) is 0. The molecule has 82 valence electrons. The largest absolute Gasteiger partial charge is 0.543 e. The van der Waals surface area contributed by atoms with Crippen molar-refractivity contribution in [3.8, 4) is 5.69 Å². The Balaban J connectivity index is 2.53. The number of carboxylic acid groups (broad SMARTS) is 1. The Hall–Kier alpha value is -1.88. The van der Waals surface area contributed by atoms with Crippen LogP contribution in [0.5, 0.6) is 0 Å². The first-order valence-corrected chi connectivity index (χ1v) is 4.87. The SMILES string of the molecule is Cc1c(C(=O)[O-])nnn1-c1cccc(Cl)c1. The van der Waals surface area contributed by atoms with Crippen molar-refractivity contribution in [3.05, 3.63) is 40.7 Å². The number of rotatable bonds is 2. The first-order valence-electron chi connectivity index (χ1n) is 4.49. The van der Waals surface area contributed by atoms with Gasteiger partial charge in [0, 0.05) is 5.02 Å². The Morgan fingerprint density at radius 2 is 2.25 bits per heavy atom. The van der Waals surface area contributed by atoms with Crippen molar-refractivity contribution >= 4 is 17.6 Å². The van der Waals surface area contributed by atoms with E-state index in [9.17, 15) is 9.90 Å². The van der Waals surface area contributed by atoms with E-state index in [1.807, 2.05) is 0 Å². The van der Waals surface area contributed by atoms with Crippen LogP contribution in [-0.4, -0.2) is 21.0 Å². The first kappa shape index (κ1) is 10.6. The molecule has 16 heavy (non-hydrogen) atoms. The molecule has 2 aromatic rings. The topological polar surface area (TPSA) is 70.8 Å². The summed E-state index contributed by atoms with van der Waals surface area (Å²) >= 11 is 5.83. The fourth-order valence-corrected chi connectivity index (χ4v) is 1.56. The van der Waals surface area contributed by atoms with E-state index >= 15 is 0 Å². The van der Waals surface area contributed by atoms with Crippen LogP contribution in [0.4, 0.5) is 0 Å². The molecule has 5 nitrogen and oxygen atoms in total. The van der Waals surface area contributed by atoms with Gasteiger partial charge in [0.15, 0.2) is 0 Å². The Labute approximate surface area is 96.3 Å². The van der Waals surface area contributed by atoms with E-state index in [-0.39, 0.29) is 5.69 Å². The van der Waals surface area contributed by atoms with E-state index in [1.54, 1.807) is 31.2 Å². The van der Waals surface area contributed by atoms with Crippen LogP contribution >= 0.6 is 11.6 Å². The minimum absolute atomic E-state index is 0.167. The number of benzene rings is 1. The van der Waals surface area contributed by atoms with E-state index in [0.29, 0.717) is 16.4 Å². The van der Waals surface area contributed by atoms with Gasteiger partial charge in [-0.1, -0.05) is 22.9 Å². The first-order chi connectivity index (χ1) is 7.59. The Kier molecular flexibility index (Phi) is 2.62. The lowest BCUT2D eigenvalue weighted by molar-refractivity contribution is -0.255. The molecule has 0 fully saturated rings. The molecule has 0 aliphatic rings. The van der Waals surface area contributed by atoms with Gasteiger partial charge in [-0.05, 0) is 25.1 Å². The Morgan fingerprint density at radius 1 is 1.50 bits per heavy atom. The summed E-state index contributed by atoms with van der Waals surface area (Å²) in [4.78, 5) is 10.7. The molecule has 0 aliphatic carbocycles. The van der Waals surface area contributed by atoms with Gasteiger partial charge >= 0.3 is 0 Å². The zero-order valence-electron chi connectivity index (χ0n) is 8.35. The minimum Gasteiger partial charge on any atom is -0.543 e. The lowest BCUT2D eigenvalue weighted by Crippen LogP contribution is -2.23. The van der Waals surface area contributed by atoms with E-state index in [1.165, 1.54) is 4.68 Å². The van der Waals surface area contributed by atoms with Crippen LogP contribution in [0.1, 0.15) is 16.2 Å². The summed E-state index contributed by atoms with van der Waals surface area (Å²) in [6, 6.07) is 6.89. The Morgan fingerprint density at radius 3 is 2.81 bits per heavy atom. The van der Waals surface area contributed by atoms with Crippen molar-refractivity contribution in [3.63, 3.8) is 0 Å². The monoisotopic (exact) mass is 236 g/mol. The number of nitrogens with zero attached hydrogens (tertiary/aromatic N) is 3. The molecule has 0 radical (unpaired) electrons. The molecule has 0 aliphatic heterocycles. The van der Waals surface area contributed by atoms with Gasteiger partial charge in [0.2, 0.25) is 0 Å². The third-order valence-electron chi connectivity index (χ3n) is 2.14. The number of carboxylic acids is 1. The molecule has 0 spiro atoms. The van der Waals surface area contributed by atoms with Gasteiger partial charge in [0.1, 0.15) is 5.69 Å². The van der Waals surface area contributed by atoms with Crippen LogP contribution in [0.15, 0.2) is 24.3 Å². The van der Waals surface area contributed by atoms with Gasteiger partial charge in [0.25, 0.3) is 0 Å². The third-order valence-corrected chi connectivity index (χ3v) is 2.38. The van der Waals surface area contributed by atoms with Crippen molar-refractivity contribution in [2.24, 2.45) is 0 Å². The number of aromatic carboxylic acids is 1. The van der Waals surface area contributed by atoms with Gasteiger partial charge in [0.05, 0.1) is 17.4 Å². The second-order valence-corrected chi connectivity index (χ2v) is 3.64. The molecule has 0 saturated heterocycles. The lowest BCUT2D eigenvalue weighted by Gasteiger charge is -2.04. The average Bonchev–Trinajstić information content (AvgIpc) is 2.60. The number of hydrogen-bond donors (Lipinski definition) is 0. The van der Waals surface area contributed by atoms with Crippen molar-refractivity contribution < 1.29 is 9.90 Å². The van der Waals surface area contributed by atoms with Crippen molar-refractivity contribution in [1.29, 1.82) is 0 Å². The van der Waals surface area contributed by atoms with Crippen molar-refractivity contribution in [2.75, 3.05) is 0 Å². The predicted octanol–water partition coefficient (Wildman–Crippen LogP) is 0.593. The van der Waals surface area contributed by atoms with Crippen molar-refractivity contribution in [2.45, 2.75) is 6.92 Å². The third kappa shape index (κ3) is 1.77. The molecule has 2 rings (SSSR count). The summed E-state index contributed by atoms with van der Waals surface area (Å²) in [5.41, 5.74) is 0.896. The maximum atomic E-state index is 10.7. The molecule has 0 amide bonds. The van der Waals surface area contributed by atoms with Crippen LogP contribution < -0.4 is 5.11 Å². The summed E-state index contributed by atoms with van der Waals surface area (Å²) in [7, 11) is 0. The highest BCUT2D eigenvalue weighted by Gasteiger charge is 2.10. The maximum Gasteiger partial charge on any atom is 0.131 e. The molecule has 0 bridgehead atoms. The number of carbonyl (C=O) groups excluding carboxylic acids is 1. The van der Waals surface area contributed by atoms with Gasteiger partial charge in [-0.2, -0.15) is 0 Å². The molecule has 1 aromatic carbocycles. The normalized spacial score (nSPS) is 10.4. The molecular weight excluding hydrogens is 230 g/mol. The molecule has 0 atom stereocenters. The molecular formula is C10H7ClN3O2-. The number of aromatic nitrogens is 3. The summed E-state index contributed by atoms with van der Waals surface area (Å²) in [5.74, 6) is -1.34. The molecule has 1 heterocycles. The smallest absolute Gasteiger partial charge is 0.131 e. The van der Waals surface area contributed by atoms with Crippen molar-refractivity contribution in [1.82, 2.24) is 15.0 Å². The molecule has 0 N–H and O–H groups in total. The standard InChI is InChI=1S/C10H8ClN3O2/c1-6-9(10(15)16)12-13-14(6)8-4-2-3-7(11)5-8/h2-5H,1H3,(H,15,16)/p-1. The summed E-state index contributed by atoms with van der Waals surface area (Å²) in [5, 5.41) is 18.5. The fourth-order valence-electron chi connectivity index (χ4n) is 1.37. The average molecular weight is 237 g/mol. The van der Waals surface area contributed by atoms with E-state index in [4.69, 9.17) is 11.6 Å². The van der Waals surface area contributed by atoms with Gasteiger partial charge in [-0.25, -0.2) is 4.68 Å². The Bertz CT molecular complexity index is 551. The zero-order valence-corrected chi connectivity index (χ0v) is 9.10.